The third kappa shape index (κ3) is 9.25. The van der Waals surface area contributed by atoms with Crippen LogP contribution in [0.25, 0.3) is 0 Å². The van der Waals surface area contributed by atoms with Gasteiger partial charge in [0.25, 0.3) is 0 Å². The maximum Gasteiger partial charge on any atom is 0.160 e. The van der Waals surface area contributed by atoms with Gasteiger partial charge in [-0.2, -0.15) is 0 Å². The molecule has 0 bridgehead atoms. The van der Waals surface area contributed by atoms with E-state index in [-0.39, 0.29) is 22.6 Å². The third-order valence-corrected chi connectivity index (χ3v) is 10.9. The van der Waals surface area contributed by atoms with Crippen LogP contribution in [0.4, 0.5) is 39.9 Å². The van der Waals surface area contributed by atoms with E-state index in [1.54, 1.807) is 34.1 Å². The second kappa shape index (κ2) is 18.8. The zero-order valence-electron chi connectivity index (χ0n) is 31.5. The molecule has 0 aliphatic heterocycles. The highest BCUT2D eigenvalue weighted by molar-refractivity contribution is 7.96. The first-order chi connectivity index (χ1) is 28.5. The predicted octanol–water partition coefficient (Wildman–Crippen LogP) is 11.8. The van der Waals surface area contributed by atoms with Gasteiger partial charge in [-0.15, -0.1) is 10.2 Å². The maximum absolute atomic E-state index is 9.41. The van der Waals surface area contributed by atoms with Gasteiger partial charge in [0.15, 0.2) is 5.82 Å². The molecule has 9 nitrogen and oxygen atoms in total. The van der Waals surface area contributed by atoms with Crippen molar-refractivity contribution in [2.24, 2.45) is 0 Å². The molecule has 1 aromatic heterocycles. The number of anilines is 7. The highest BCUT2D eigenvalue weighted by Crippen LogP contribution is 2.39. The number of aromatic nitrogens is 2. The fourth-order valence-corrected chi connectivity index (χ4v) is 7.84. The standard InChI is InChI=1S/C48H40N9P/c49-43(55(37-19-7-1-8-20-37)38-21-9-2-10-22-38)31-33-45(51)58(46(52)34-32-44(50)56(39-23-11-3-12-24-39)40-25-13-4-14-26-40)48-36-35-47(53-54-48)57(41-27-15-5-16-28-41)42-29-17-6-18-30-42/h1-36,49-52H/b33-31-,34-32-,49-43?,50-44?,51-45?,52-46?. The van der Waals surface area contributed by atoms with Crippen LogP contribution < -0.4 is 20.1 Å². The van der Waals surface area contributed by atoms with Gasteiger partial charge in [0.05, 0.1) is 16.3 Å². The lowest BCUT2D eigenvalue weighted by Crippen LogP contribution is -2.24. The number of allylic oxidation sites excluding steroid dienone is 2. The number of hydrogen-bond acceptors (Lipinski definition) is 7. The minimum atomic E-state index is -1.86. The zero-order valence-corrected chi connectivity index (χ0v) is 32.4. The Morgan fingerprint density at radius 1 is 0.362 bits per heavy atom. The first-order valence-electron chi connectivity index (χ1n) is 18.5. The quantitative estimate of drug-likeness (QED) is 0.0496. The fourth-order valence-electron chi connectivity index (χ4n) is 6.28. The summed E-state index contributed by atoms with van der Waals surface area (Å²) in [7, 11) is -1.86. The Kier molecular flexibility index (Phi) is 12.5. The number of nitrogens with zero attached hydrogens (tertiary/aromatic N) is 5. The van der Waals surface area contributed by atoms with Gasteiger partial charge in [-0.1, -0.05) is 109 Å². The van der Waals surface area contributed by atoms with Gasteiger partial charge in [0.2, 0.25) is 0 Å². The van der Waals surface area contributed by atoms with E-state index in [1.165, 1.54) is 0 Å². The molecule has 0 fully saturated rings. The molecule has 0 amide bonds. The van der Waals surface area contributed by atoms with Crippen molar-refractivity contribution >= 4 is 75.9 Å². The minimum absolute atomic E-state index is 0.0926. The Morgan fingerprint density at radius 3 is 0.966 bits per heavy atom. The van der Waals surface area contributed by atoms with Gasteiger partial charge >= 0.3 is 0 Å². The average molecular weight is 774 g/mol. The molecule has 0 unspecified atom stereocenters. The fraction of sp³-hybridized carbons (Fsp3) is 0. The first kappa shape index (κ1) is 38.7. The smallest absolute Gasteiger partial charge is 0.160 e. The number of benzene rings is 6. The van der Waals surface area contributed by atoms with Crippen molar-refractivity contribution in [3.63, 3.8) is 0 Å². The SMILES string of the molecule is N=C(/C=C\C(=N)P(C(=N)/C=C\C(=N)N(c1ccccc1)c1ccccc1)c1ccc(N(c2ccccc2)c2ccccc2)nn1)N(c1ccccc1)c1ccccc1. The molecule has 0 spiro atoms. The van der Waals surface area contributed by atoms with E-state index in [9.17, 15) is 10.8 Å². The summed E-state index contributed by atoms with van der Waals surface area (Å²) in [5.41, 5.74) is 5.64. The summed E-state index contributed by atoms with van der Waals surface area (Å²) in [5, 5.41) is 46.5. The van der Waals surface area contributed by atoms with Crippen LogP contribution in [0, 0.1) is 21.6 Å². The Balaban J connectivity index is 1.23. The molecule has 282 valence electrons. The number of amidine groups is 2. The van der Waals surface area contributed by atoms with Crippen molar-refractivity contribution in [2.75, 3.05) is 14.7 Å². The van der Waals surface area contributed by atoms with Crippen LogP contribution in [-0.2, 0) is 0 Å². The molecule has 0 radical (unpaired) electrons. The number of para-hydroxylation sites is 6. The number of rotatable bonds is 14. The summed E-state index contributed by atoms with van der Waals surface area (Å²) in [6.07, 6.45) is 6.29. The van der Waals surface area contributed by atoms with E-state index < -0.39 is 7.92 Å². The zero-order chi connectivity index (χ0) is 40.1. The van der Waals surface area contributed by atoms with Crippen molar-refractivity contribution in [1.29, 1.82) is 21.6 Å². The Hall–Kier alpha value is -7.61. The molecule has 0 saturated carbocycles. The van der Waals surface area contributed by atoms with Crippen LogP contribution in [0.15, 0.2) is 218 Å². The number of hydrogen-bond donors (Lipinski definition) is 4. The van der Waals surface area contributed by atoms with Crippen LogP contribution in [0.5, 0.6) is 0 Å². The first-order valence-corrected chi connectivity index (χ1v) is 19.9. The molecule has 1 heterocycles. The van der Waals surface area contributed by atoms with Crippen LogP contribution >= 0.6 is 7.92 Å². The van der Waals surface area contributed by atoms with Gasteiger partial charge < -0.3 is 0 Å². The van der Waals surface area contributed by atoms with E-state index >= 15 is 0 Å². The van der Waals surface area contributed by atoms with E-state index in [1.807, 2.05) is 199 Å². The molecular weight excluding hydrogens is 734 g/mol. The minimum Gasteiger partial charge on any atom is -0.300 e. The summed E-state index contributed by atoms with van der Waals surface area (Å²) in [6.45, 7) is 0. The normalized spacial score (nSPS) is 11.5. The van der Waals surface area contributed by atoms with Gasteiger partial charge in [-0.05, 0) is 109 Å². The highest BCUT2D eigenvalue weighted by atomic mass is 31.1. The highest BCUT2D eigenvalue weighted by Gasteiger charge is 2.24. The van der Waals surface area contributed by atoms with Crippen molar-refractivity contribution in [3.05, 3.63) is 218 Å². The van der Waals surface area contributed by atoms with Crippen molar-refractivity contribution in [2.45, 2.75) is 0 Å². The summed E-state index contributed by atoms with van der Waals surface area (Å²) in [6, 6.07) is 62.0. The van der Waals surface area contributed by atoms with Crippen molar-refractivity contribution < 1.29 is 0 Å². The molecule has 4 N–H and O–H groups in total. The molecule has 10 heteroatoms. The van der Waals surface area contributed by atoms with Gasteiger partial charge in [-0.3, -0.25) is 36.3 Å². The van der Waals surface area contributed by atoms with Crippen LogP contribution in [0.1, 0.15) is 0 Å². The van der Waals surface area contributed by atoms with Gasteiger partial charge in [0.1, 0.15) is 11.7 Å². The second-order valence-corrected chi connectivity index (χ2v) is 14.9. The average Bonchev–Trinajstić information content (AvgIpc) is 3.28. The Labute approximate surface area is 339 Å². The second-order valence-electron chi connectivity index (χ2n) is 12.8. The van der Waals surface area contributed by atoms with E-state index in [2.05, 4.69) is 10.2 Å². The molecular formula is C48H40N9P. The summed E-state index contributed by atoms with van der Waals surface area (Å²) in [4.78, 5) is 5.61. The lowest BCUT2D eigenvalue weighted by molar-refractivity contribution is 1.03. The Bertz CT molecular complexity index is 2280. The summed E-state index contributed by atoms with van der Waals surface area (Å²) in [5.74, 6) is 0.863. The molecule has 0 aliphatic rings. The number of nitrogens with one attached hydrogen (secondary N) is 4. The van der Waals surface area contributed by atoms with Crippen molar-refractivity contribution in [3.8, 4) is 0 Å². The van der Waals surface area contributed by atoms with E-state index in [4.69, 9.17) is 10.8 Å². The molecule has 0 saturated heterocycles. The molecule has 7 aromatic rings. The maximum atomic E-state index is 9.41. The lowest BCUT2D eigenvalue weighted by atomic mass is 10.2. The summed E-state index contributed by atoms with van der Waals surface area (Å²) >= 11 is 0. The van der Waals surface area contributed by atoms with Crippen molar-refractivity contribution in [1.82, 2.24) is 10.2 Å². The Morgan fingerprint density at radius 2 is 0.672 bits per heavy atom. The lowest BCUT2D eigenvalue weighted by Gasteiger charge is -2.25. The predicted molar refractivity (Wildman–Crippen MR) is 243 cm³/mol. The van der Waals surface area contributed by atoms with Crippen LogP contribution in [0.3, 0.4) is 0 Å². The topological polar surface area (TPSA) is 131 Å². The van der Waals surface area contributed by atoms with Gasteiger partial charge in [-0.25, -0.2) is 0 Å². The molecule has 58 heavy (non-hydrogen) atoms. The van der Waals surface area contributed by atoms with Crippen LogP contribution in [-0.4, -0.2) is 32.8 Å². The third-order valence-electron chi connectivity index (χ3n) is 8.94. The van der Waals surface area contributed by atoms with Gasteiger partial charge in [0, 0.05) is 42.0 Å². The molecule has 6 aromatic carbocycles. The largest absolute Gasteiger partial charge is 0.300 e. The van der Waals surface area contributed by atoms with Crippen LogP contribution in [0.2, 0.25) is 0 Å². The molecule has 0 aliphatic carbocycles. The molecule has 7 rings (SSSR count). The van der Waals surface area contributed by atoms with E-state index in [0.29, 0.717) is 11.3 Å². The van der Waals surface area contributed by atoms with E-state index in [0.717, 1.165) is 34.1 Å². The monoisotopic (exact) mass is 773 g/mol. The molecule has 0 atom stereocenters. The summed E-state index contributed by atoms with van der Waals surface area (Å²) < 4.78 is 0.